The number of nitrogens with one attached hydrogen (secondary N) is 2. The van der Waals surface area contributed by atoms with Gasteiger partial charge in [-0.25, -0.2) is 0 Å². The van der Waals surface area contributed by atoms with Gasteiger partial charge in [0.1, 0.15) is 4.83 Å². The number of aryl methyl sites for hydroxylation is 1. The normalized spacial score (nSPS) is 10.9. The minimum absolute atomic E-state index is 0.134. The summed E-state index contributed by atoms with van der Waals surface area (Å²) in [5, 5.41) is 11.9. The first-order valence-corrected chi connectivity index (χ1v) is 11.0. The van der Waals surface area contributed by atoms with Crippen LogP contribution in [0.15, 0.2) is 54.6 Å². The summed E-state index contributed by atoms with van der Waals surface area (Å²) in [6.07, 6.45) is 0. The summed E-state index contributed by atoms with van der Waals surface area (Å²) in [7, 11) is 0. The number of benzene rings is 2. The van der Waals surface area contributed by atoms with Crippen LogP contribution < -0.4 is 10.6 Å². The Labute approximate surface area is 188 Å². The maximum absolute atomic E-state index is 12.8. The van der Waals surface area contributed by atoms with Crippen molar-refractivity contribution in [2.24, 2.45) is 0 Å². The van der Waals surface area contributed by atoms with E-state index in [4.69, 9.17) is 11.6 Å². The van der Waals surface area contributed by atoms with Gasteiger partial charge in [-0.15, -0.1) is 11.3 Å². The lowest BCUT2D eigenvalue weighted by Gasteiger charge is -2.06. The SMILES string of the molecule is CCNC(=O)c1ccc(NC(=O)c2cc3c(C)nn(Cc4ccc(Cl)cc4)c3s2)cc1. The Morgan fingerprint density at radius 3 is 2.45 bits per heavy atom. The van der Waals surface area contributed by atoms with Crippen molar-refractivity contribution in [2.45, 2.75) is 20.4 Å². The third kappa shape index (κ3) is 4.62. The van der Waals surface area contributed by atoms with Crippen LogP contribution in [0.3, 0.4) is 0 Å². The number of fused-ring (bicyclic) bond motifs is 1. The molecule has 0 radical (unpaired) electrons. The zero-order valence-electron chi connectivity index (χ0n) is 17.1. The zero-order valence-corrected chi connectivity index (χ0v) is 18.7. The van der Waals surface area contributed by atoms with E-state index < -0.39 is 0 Å². The second-order valence-corrected chi connectivity index (χ2v) is 8.56. The van der Waals surface area contributed by atoms with E-state index in [0.717, 1.165) is 21.5 Å². The number of hydrogen-bond acceptors (Lipinski definition) is 4. The van der Waals surface area contributed by atoms with E-state index in [2.05, 4.69) is 15.7 Å². The fraction of sp³-hybridized carbons (Fsp3) is 0.174. The summed E-state index contributed by atoms with van der Waals surface area (Å²) >= 11 is 7.38. The average Bonchev–Trinajstić information content (AvgIpc) is 3.32. The van der Waals surface area contributed by atoms with Crippen LogP contribution in [-0.4, -0.2) is 28.1 Å². The third-order valence-electron chi connectivity index (χ3n) is 4.82. The second kappa shape index (κ2) is 8.91. The first kappa shape index (κ1) is 21.1. The van der Waals surface area contributed by atoms with Crippen molar-refractivity contribution >= 4 is 50.7 Å². The number of halogens is 1. The van der Waals surface area contributed by atoms with Crippen molar-refractivity contribution in [1.29, 1.82) is 0 Å². The molecule has 0 bridgehead atoms. The minimum atomic E-state index is -0.190. The van der Waals surface area contributed by atoms with E-state index in [0.29, 0.717) is 34.2 Å². The van der Waals surface area contributed by atoms with E-state index >= 15 is 0 Å². The van der Waals surface area contributed by atoms with Crippen LogP contribution in [0.25, 0.3) is 10.2 Å². The molecule has 0 unspecified atom stereocenters. The molecule has 0 aliphatic heterocycles. The fourth-order valence-electron chi connectivity index (χ4n) is 3.25. The van der Waals surface area contributed by atoms with Gasteiger partial charge in [-0.2, -0.15) is 5.10 Å². The molecule has 2 amide bonds. The predicted octanol–water partition coefficient (Wildman–Crippen LogP) is 5.11. The van der Waals surface area contributed by atoms with Crippen LogP contribution in [0.4, 0.5) is 5.69 Å². The highest BCUT2D eigenvalue weighted by molar-refractivity contribution is 7.20. The maximum Gasteiger partial charge on any atom is 0.265 e. The van der Waals surface area contributed by atoms with Gasteiger partial charge in [-0.05, 0) is 61.9 Å². The highest BCUT2D eigenvalue weighted by Gasteiger charge is 2.17. The molecule has 2 aromatic carbocycles. The molecule has 0 aliphatic rings. The second-order valence-electron chi connectivity index (χ2n) is 7.09. The van der Waals surface area contributed by atoms with Gasteiger partial charge in [-0.3, -0.25) is 14.3 Å². The molecule has 0 fully saturated rings. The lowest BCUT2D eigenvalue weighted by Crippen LogP contribution is -2.22. The van der Waals surface area contributed by atoms with E-state index in [1.165, 1.54) is 11.3 Å². The molecular formula is C23H21ClN4O2S. The number of anilines is 1. The van der Waals surface area contributed by atoms with Gasteiger partial charge in [0, 0.05) is 28.2 Å². The van der Waals surface area contributed by atoms with Gasteiger partial charge in [0.25, 0.3) is 11.8 Å². The monoisotopic (exact) mass is 452 g/mol. The Balaban J connectivity index is 1.52. The topological polar surface area (TPSA) is 76.0 Å². The Kier molecular flexibility index (Phi) is 6.06. The molecule has 8 heteroatoms. The van der Waals surface area contributed by atoms with Crippen molar-refractivity contribution in [2.75, 3.05) is 11.9 Å². The van der Waals surface area contributed by atoms with Crippen LogP contribution in [0.1, 0.15) is 38.2 Å². The lowest BCUT2D eigenvalue weighted by molar-refractivity contribution is 0.0955. The van der Waals surface area contributed by atoms with Crippen molar-refractivity contribution in [3.8, 4) is 0 Å². The average molecular weight is 453 g/mol. The molecule has 0 atom stereocenters. The highest BCUT2D eigenvalue weighted by Crippen LogP contribution is 2.29. The lowest BCUT2D eigenvalue weighted by atomic mass is 10.2. The number of carbonyl (C=O) groups is 2. The molecule has 2 heterocycles. The summed E-state index contributed by atoms with van der Waals surface area (Å²) < 4.78 is 1.91. The number of thiophene rings is 1. The minimum Gasteiger partial charge on any atom is -0.352 e. The third-order valence-corrected chi connectivity index (χ3v) is 6.22. The zero-order chi connectivity index (χ0) is 22.0. The molecule has 6 nitrogen and oxygen atoms in total. The summed E-state index contributed by atoms with van der Waals surface area (Å²) in [5.74, 6) is -0.324. The number of rotatable bonds is 6. The molecule has 4 aromatic rings. The number of aromatic nitrogens is 2. The van der Waals surface area contributed by atoms with E-state index in [1.807, 2.05) is 48.9 Å². The van der Waals surface area contributed by atoms with Crippen LogP contribution in [-0.2, 0) is 6.54 Å². The highest BCUT2D eigenvalue weighted by atomic mass is 35.5. The van der Waals surface area contributed by atoms with Gasteiger partial charge in [0.15, 0.2) is 0 Å². The molecule has 0 saturated carbocycles. The first-order valence-electron chi connectivity index (χ1n) is 9.85. The van der Waals surface area contributed by atoms with Gasteiger partial charge in [0.2, 0.25) is 0 Å². The quantitative estimate of drug-likeness (QED) is 0.426. The van der Waals surface area contributed by atoms with Crippen molar-refractivity contribution < 1.29 is 9.59 Å². The maximum atomic E-state index is 12.8. The smallest absolute Gasteiger partial charge is 0.265 e. The van der Waals surface area contributed by atoms with Gasteiger partial charge >= 0.3 is 0 Å². The van der Waals surface area contributed by atoms with Crippen LogP contribution in [0, 0.1) is 6.92 Å². The number of amides is 2. The van der Waals surface area contributed by atoms with Crippen LogP contribution >= 0.6 is 22.9 Å². The summed E-state index contributed by atoms with van der Waals surface area (Å²) in [6, 6.07) is 16.4. The van der Waals surface area contributed by atoms with Gasteiger partial charge < -0.3 is 10.6 Å². The Hall–Kier alpha value is -3.16. The van der Waals surface area contributed by atoms with Crippen LogP contribution in [0.5, 0.6) is 0 Å². The molecule has 0 aliphatic carbocycles. The predicted molar refractivity (Wildman–Crippen MR) is 125 cm³/mol. The van der Waals surface area contributed by atoms with E-state index in [9.17, 15) is 9.59 Å². The van der Waals surface area contributed by atoms with Crippen molar-refractivity contribution in [3.63, 3.8) is 0 Å². The standard InChI is InChI=1S/C23H21ClN4O2S/c1-3-25-21(29)16-6-10-18(11-7-16)26-22(30)20-12-19-14(2)27-28(23(19)31-20)13-15-4-8-17(24)9-5-15/h4-12H,3,13H2,1-2H3,(H,25,29)(H,26,30). The fourth-order valence-corrected chi connectivity index (χ4v) is 4.44. The molecule has 2 aromatic heterocycles. The molecule has 0 saturated heterocycles. The van der Waals surface area contributed by atoms with Gasteiger partial charge in [-0.1, -0.05) is 23.7 Å². The molecule has 31 heavy (non-hydrogen) atoms. The van der Waals surface area contributed by atoms with E-state index in [1.54, 1.807) is 24.3 Å². The Bertz CT molecular complexity index is 1240. The van der Waals surface area contributed by atoms with Crippen molar-refractivity contribution in [1.82, 2.24) is 15.1 Å². The summed E-state index contributed by atoms with van der Waals surface area (Å²) in [5.41, 5.74) is 3.15. The molecule has 158 valence electrons. The molecule has 4 rings (SSSR count). The van der Waals surface area contributed by atoms with E-state index in [-0.39, 0.29) is 11.8 Å². The molecular weight excluding hydrogens is 432 g/mol. The van der Waals surface area contributed by atoms with Crippen molar-refractivity contribution in [3.05, 3.63) is 81.3 Å². The number of nitrogens with zero attached hydrogens (tertiary/aromatic N) is 2. The summed E-state index contributed by atoms with van der Waals surface area (Å²) in [6.45, 7) is 4.98. The van der Waals surface area contributed by atoms with Gasteiger partial charge in [0.05, 0.1) is 17.1 Å². The Morgan fingerprint density at radius 2 is 1.77 bits per heavy atom. The number of hydrogen-bond donors (Lipinski definition) is 2. The molecule has 0 spiro atoms. The first-order chi connectivity index (χ1) is 14.9. The number of carbonyl (C=O) groups excluding carboxylic acids is 2. The molecule has 2 N–H and O–H groups in total. The Morgan fingerprint density at radius 1 is 1.06 bits per heavy atom. The largest absolute Gasteiger partial charge is 0.352 e. The van der Waals surface area contributed by atoms with Crippen LogP contribution in [0.2, 0.25) is 5.02 Å². The summed E-state index contributed by atoms with van der Waals surface area (Å²) in [4.78, 5) is 26.2.